The summed E-state index contributed by atoms with van der Waals surface area (Å²) in [6.45, 7) is 0.714. The van der Waals surface area contributed by atoms with Crippen molar-refractivity contribution in [3.63, 3.8) is 0 Å². The average Bonchev–Trinajstić information content (AvgIpc) is 2.71. The lowest BCUT2D eigenvalue weighted by Crippen LogP contribution is -2.56. The minimum Gasteiger partial charge on any atom is -0.481 e. The Morgan fingerprint density at radius 1 is 1.17 bits per heavy atom. The average molecular weight is 439 g/mol. The standard InChI is InChI=1S/C19H25N3O7S/c1-30(27,28)22-10-8-21(9-11-22)17(19(25)26)14-20-18(24)15-4-6-16(7-5-15)29-13-3-2-12-23/h4-7,17,23H,8-14H2,1H3,(H,20,24)(H,25,26). The quantitative estimate of drug-likeness (QED) is 0.431. The number of ether oxygens (including phenoxy) is 1. The lowest BCUT2D eigenvalue weighted by atomic mass is 10.1. The summed E-state index contributed by atoms with van der Waals surface area (Å²) in [5, 5.41) is 20.7. The summed E-state index contributed by atoms with van der Waals surface area (Å²) in [5.41, 5.74) is 0.342. The lowest BCUT2D eigenvalue weighted by Gasteiger charge is -2.36. The first-order chi connectivity index (χ1) is 14.2. The SMILES string of the molecule is CS(=O)(=O)N1CCN(C(CNC(=O)c2ccc(OCC#CCO)cc2)C(=O)O)CC1. The summed E-state index contributed by atoms with van der Waals surface area (Å²) in [6, 6.07) is 5.32. The number of carbonyl (C=O) groups excluding carboxylic acids is 1. The highest BCUT2D eigenvalue weighted by molar-refractivity contribution is 7.88. The van der Waals surface area contributed by atoms with Crippen LogP contribution in [-0.2, 0) is 14.8 Å². The van der Waals surface area contributed by atoms with Gasteiger partial charge in [-0.1, -0.05) is 11.8 Å². The van der Waals surface area contributed by atoms with Gasteiger partial charge in [-0.15, -0.1) is 0 Å². The molecule has 1 aromatic carbocycles. The van der Waals surface area contributed by atoms with Crippen molar-refractivity contribution in [1.82, 2.24) is 14.5 Å². The molecule has 2 rings (SSSR count). The molecule has 1 amide bonds. The molecule has 1 fully saturated rings. The molecule has 1 heterocycles. The molecule has 0 bridgehead atoms. The summed E-state index contributed by atoms with van der Waals surface area (Å²) in [6.07, 6.45) is 1.12. The second-order valence-corrected chi connectivity index (χ2v) is 8.57. The molecule has 1 aliphatic heterocycles. The number of rotatable bonds is 8. The van der Waals surface area contributed by atoms with Crippen LogP contribution in [0.25, 0.3) is 0 Å². The van der Waals surface area contributed by atoms with E-state index in [-0.39, 0.29) is 45.9 Å². The van der Waals surface area contributed by atoms with Crippen LogP contribution in [0.5, 0.6) is 5.75 Å². The molecular weight excluding hydrogens is 414 g/mol. The van der Waals surface area contributed by atoms with Crippen molar-refractivity contribution in [3.8, 4) is 17.6 Å². The zero-order valence-corrected chi connectivity index (χ0v) is 17.4. The Morgan fingerprint density at radius 2 is 1.80 bits per heavy atom. The first kappa shape index (κ1) is 23.6. The van der Waals surface area contributed by atoms with Gasteiger partial charge in [-0.3, -0.25) is 14.5 Å². The maximum Gasteiger partial charge on any atom is 0.322 e. The van der Waals surface area contributed by atoms with Gasteiger partial charge in [-0.2, -0.15) is 4.31 Å². The van der Waals surface area contributed by atoms with Crippen LogP contribution in [-0.4, -0.2) is 97.9 Å². The van der Waals surface area contributed by atoms with E-state index in [0.717, 1.165) is 6.26 Å². The van der Waals surface area contributed by atoms with E-state index in [4.69, 9.17) is 9.84 Å². The first-order valence-corrected chi connectivity index (χ1v) is 11.1. The third-order valence-electron chi connectivity index (χ3n) is 4.56. The monoisotopic (exact) mass is 439 g/mol. The number of piperazine rings is 1. The molecule has 3 N–H and O–H groups in total. The van der Waals surface area contributed by atoms with Gasteiger partial charge in [0, 0.05) is 38.3 Å². The van der Waals surface area contributed by atoms with Crippen molar-refractivity contribution in [1.29, 1.82) is 0 Å². The number of hydrogen-bond acceptors (Lipinski definition) is 7. The highest BCUT2D eigenvalue weighted by Gasteiger charge is 2.31. The van der Waals surface area contributed by atoms with E-state index in [9.17, 15) is 23.1 Å². The number of carbonyl (C=O) groups is 2. The second-order valence-electron chi connectivity index (χ2n) is 6.59. The third-order valence-corrected chi connectivity index (χ3v) is 5.86. The number of sulfonamides is 1. The normalized spacial score (nSPS) is 16.2. The largest absolute Gasteiger partial charge is 0.481 e. The van der Waals surface area contributed by atoms with Crippen molar-refractivity contribution in [2.45, 2.75) is 6.04 Å². The van der Waals surface area contributed by atoms with E-state index in [1.54, 1.807) is 29.2 Å². The van der Waals surface area contributed by atoms with Crippen molar-refractivity contribution in [3.05, 3.63) is 29.8 Å². The number of aliphatic carboxylic acids is 1. The first-order valence-electron chi connectivity index (χ1n) is 9.22. The molecule has 0 aliphatic carbocycles. The fraction of sp³-hybridized carbons (Fsp3) is 0.474. The zero-order valence-electron chi connectivity index (χ0n) is 16.6. The molecule has 0 aromatic heterocycles. The van der Waals surface area contributed by atoms with E-state index in [0.29, 0.717) is 11.3 Å². The number of nitrogens with one attached hydrogen (secondary N) is 1. The van der Waals surface area contributed by atoms with E-state index in [2.05, 4.69) is 17.2 Å². The molecule has 30 heavy (non-hydrogen) atoms. The number of nitrogens with zero attached hydrogens (tertiary/aromatic N) is 2. The molecular formula is C19H25N3O7S. The van der Waals surface area contributed by atoms with Crippen LogP contribution < -0.4 is 10.1 Å². The summed E-state index contributed by atoms with van der Waals surface area (Å²) in [5.74, 6) is 4.05. The number of carboxylic acid groups (broad SMARTS) is 1. The van der Waals surface area contributed by atoms with Gasteiger partial charge >= 0.3 is 5.97 Å². The summed E-state index contributed by atoms with van der Waals surface area (Å²) in [4.78, 5) is 25.6. The van der Waals surface area contributed by atoms with Crippen LogP contribution in [0.2, 0.25) is 0 Å². The number of amides is 1. The Bertz CT molecular complexity index is 898. The van der Waals surface area contributed by atoms with Crippen LogP contribution in [0.1, 0.15) is 10.4 Å². The Kier molecular flexibility index (Phi) is 8.61. The van der Waals surface area contributed by atoms with E-state index < -0.39 is 27.9 Å². The molecule has 0 saturated carbocycles. The highest BCUT2D eigenvalue weighted by atomic mass is 32.2. The van der Waals surface area contributed by atoms with Crippen LogP contribution >= 0.6 is 0 Å². The number of aliphatic hydroxyl groups is 1. The van der Waals surface area contributed by atoms with Crippen molar-refractivity contribution >= 4 is 21.9 Å². The number of benzene rings is 1. The van der Waals surface area contributed by atoms with Crippen LogP contribution in [0.3, 0.4) is 0 Å². The van der Waals surface area contributed by atoms with Crippen molar-refractivity contribution in [2.24, 2.45) is 0 Å². The number of hydrogen-bond donors (Lipinski definition) is 3. The summed E-state index contributed by atoms with van der Waals surface area (Å²) in [7, 11) is -3.31. The maximum absolute atomic E-state index is 12.3. The zero-order chi connectivity index (χ0) is 22.1. The highest BCUT2D eigenvalue weighted by Crippen LogP contribution is 2.13. The Hall–Kier alpha value is -2.65. The van der Waals surface area contributed by atoms with Crippen LogP contribution in [0.15, 0.2) is 24.3 Å². The van der Waals surface area contributed by atoms with Crippen LogP contribution in [0, 0.1) is 11.8 Å². The fourth-order valence-electron chi connectivity index (χ4n) is 2.94. The summed E-state index contributed by atoms with van der Waals surface area (Å²) < 4.78 is 29.8. The molecule has 1 aliphatic rings. The Balaban J connectivity index is 1.89. The van der Waals surface area contributed by atoms with E-state index in [1.165, 1.54) is 4.31 Å². The smallest absolute Gasteiger partial charge is 0.322 e. The molecule has 1 atom stereocenters. The summed E-state index contributed by atoms with van der Waals surface area (Å²) >= 11 is 0. The van der Waals surface area contributed by atoms with Gasteiger partial charge in [0.05, 0.1) is 6.26 Å². The minimum absolute atomic E-state index is 0.109. The van der Waals surface area contributed by atoms with Gasteiger partial charge in [0.1, 0.15) is 25.0 Å². The predicted molar refractivity (Wildman–Crippen MR) is 109 cm³/mol. The van der Waals surface area contributed by atoms with Crippen LogP contribution in [0.4, 0.5) is 0 Å². The topological polar surface area (TPSA) is 136 Å². The van der Waals surface area contributed by atoms with E-state index in [1.807, 2.05) is 0 Å². The lowest BCUT2D eigenvalue weighted by molar-refractivity contribution is -0.143. The molecule has 1 aromatic rings. The molecule has 1 unspecified atom stereocenters. The third kappa shape index (κ3) is 7.00. The molecule has 164 valence electrons. The minimum atomic E-state index is -3.31. The molecule has 10 nitrogen and oxygen atoms in total. The molecule has 11 heteroatoms. The van der Waals surface area contributed by atoms with E-state index >= 15 is 0 Å². The van der Waals surface area contributed by atoms with Gasteiger partial charge in [-0.05, 0) is 24.3 Å². The van der Waals surface area contributed by atoms with Crippen molar-refractivity contribution in [2.75, 3.05) is 52.2 Å². The van der Waals surface area contributed by atoms with Gasteiger partial charge in [0.25, 0.3) is 5.91 Å². The molecule has 1 saturated heterocycles. The van der Waals surface area contributed by atoms with Gasteiger partial charge in [-0.25, -0.2) is 8.42 Å². The van der Waals surface area contributed by atoms with Crippen molar-refractivity contribution < 1.29 is 33.0 Å². The number of aliphatic hydroxyl groups excluding tert-OH is 1. The molecule has 0 spiro atoms. The fourth-order valence-corrected chi connectivity index (χ4v) is 3.77. The number of carboxylic acids is 1. The van der Waals surface area contributed by atoms with Gasteiger partial charge in [0.15, 0.2) is 0 Å². The molecule has 0 radical (unpaired) electrons. The van der Waals surface area contributed by atoms with Gasteiger partial charge < -0.3 is 20.3 Å². The second kappa shape index (κ2) is 10.9. The van der Waals surface area contributed by atoms with Gasteiger partial charge in [0.2, 0.25) is 10.0 Å². The Morgan fingerprint density at radius 3 is 2.33 bits per heavy atom. The predicted octanol–water partition coefficient (Wildman–Crippen LogP) is -1.18. The maximum atomic E-state index is 12.3. The Labute approximate surface area is 175 Å².